The molecule has 2 unspecified atom stereocenters. The van der Waals surface area contributed by atoms with Gasteiger partial charge in [-0.05, 0) is 31.9 Å². The number of benzene rings is 1. The molecule has 104 valence electrons. The predicted octanol–water partition coefficient (Wildman–Crippen LogP) is 1.72. The number of aryl methyl sites for hydroxylation is 2. The molecule has 4 heteroatoms. The highest BCUT2D eigenvalue weighted by Gasteiger charge is 2.32. The Kier molecular flexibility index (Phi) is 4.22. The second kappa shape index (κ2) is 5.72. The maximum absolute atomic E-state index is 11.4. The molecule has 0 saturated carbocycles. The predicted molar refractivity (Wildman–Crippen MR) is 75.3 cm³/mol. The Labute approximate surface area is 114 Å². The number of nitrogens with one attached hydrogen (secondary N) is 1. The standard InChI is InChI=1S/C15H22N2O2/c1-10-4-5-11(2)13(8-10)12(3)17-7-6-16-9-14(17)15(18)19/h4-5,8,12,14,16H,6-7,9H2,1-3H3,(H,18,19). The van der Waals surface area contributed by atoms with E-state index in [-0.39, 0.29) is 6.04 Å². The van der Waals surface area contributed by atoms with Crippen LogP contribution in [0.5, 0.6) is 0 Å². The molecule has 1 aliphatic rings. The first-order chi connectivity index (χ1) is 9.00. The van der Waals surface area contributed by atoms with Gasteiger partial charge in [-0.1, -0.05) is 23.8 Å². The van der Waals surface area contributed by atoms with Crippen molar-refractivity contribution in [3.8, 4) is 0 Å². The second-order valence-corrected chi connectivity index (χ2v) is 5.33. The third kappa shape index (κ3) is 2.96. The summed E-state index contributed by atoms with van der Waals surface area (Å²) in [6.45, 7) is 8.39. The van der Waals surface area contributed by atoms with E-state index >= 15 is 0 Å². The number of hydrogen-bond acceptors (Lipinski definition) is 3. The van der Waals surface area contributed by atoms with Crippen LogP contribution in [0.4, 0.5) is 0 Å². The molecule has 2 atom stereocenters. The van der Waals surface area contributed by atoms with Crippen LogP contribution in [0.2, 0.25) is 0 Å². The molecule has 2 N–H and O–H groups in total. The maximum atomic E-state index is 11.4. The van der Waals surface area contributed by atoms with Crippen molar-refractivity contribution in [1.29, 1.82) is 0 Å². The Hall–Kier alpha value is -1.39. The first kappa shape index (κ1) is 14.0. The first-order valence-corrected chi connectivity index (χ1v) is 6.77. The molecular weight excluding hydrogens is 240 g/mol. The highest BCUT2D eigenvalue weighted by atomic mass is 16.4. The van der Waals surface area contributed by atoms with E-state index in [2.05, 4.69) is 49.2 Å². The minimum absolute atomic E-state index is 0.128. The number of nitrogens with zero attached hydrogens (tertiary/aromatic N) is 1. The second-order valence-electron chi connectivity index (χ2n) is 5.33. The third-order valence-corrected chi connectivity index (χ3v) is 3.95. The lowest BCUT2D eigenvalue weighted by Crippen LogP contribution is -2.55. The summed E-state index contributed by atoms with van der Waals surface area (Å²) < 4.78 is 0. The van der Waals surface area contributed by atoms with Crippen molar-refractivity contribution >= 4 is 5.97 Å². The lowest BCUT2D eigenvalue weighted by atomic mass is 9.97. The number of carboxylic acids is 1. The van der Waals surface area contributed by atoms with Crippen molar-refractivity contribution < 1.29 is 9.90 Å². The minimum atomic E-state index is -0.746. The lowest BCUT2D eigenvalue weighted by Gasteiger charge is -2.38. The van der Waals surface area contributed by atoms with Gasteiger partial charge in [-0.25, -0.2) is 0 Å². The molecule has 1 aromatic carbocycles. The van der Waals surface area contributed by atoms with Gasteiger partial charge in [0.15, 0.2) is 0 Å². The van der Waals surface area contributed by atoms with Gasteiger partial charge in [0, 0.05) is 25.7 Å². The van der Waals surface area contributed by atoms with Gasteiger partial charge >= 0.3 is 5.97 Å². The van der Waals surface area contributed by atoms with Crippen molar-refractivity contribution in [3.63, 3.8) is 0 Å². The molecule has 19 heavy (non-hydrogen) atoms. The minimum Gasteiger partial charge on any atom is -0.480 e. The van der Waals surface area contributed by atoms with E-state index in [0.717, 1.165) is 13.1 Å². The highest BCUT2D eigenvalue weighted by Crippen LogP contribution is 2.27. The maximum Gasteiger partial charge on any atom is 0.322 e. The molecule has 2 rings (SSSR count). The summed E-state index contributed by atoms with van der Waals surface area (Å²) in [5, 5.41) is 12.5. The average Bonchev–Trinajstić information content (AvgIpc) is 2.40. The normalized spacial score (nSPS) is 22.2. The zero-order valence-corrected chi connectivity index (χ0v) is 11.8. The quantitative estimate of drug-likeness (QED) is 0.871. The molecule has 0 amide bonds. The van der Waals surface area contributed by atoms with Gasteiger partial charge in [-0.15, -0.1) is 0 Å². The van der Waals surface area contributed by atoms with Crippen LogP contribution in [0.25, 0.3) is 0 Å². The molecule has 0 aliphatic carbocycles. The summed E-state index contributed by atoms with van der Waals surface area (Å²) >= 11 is 0. The van der Waals surface area contributed by atoms with Gasteiger partial charge in [0.1, 0.15) is 6.04 Å². The fourth-order valence-electron chi connectivity index (χ4n) is 2.80. The molecule has 1 aromatic rings. The summed E-state index contributed by atoms with van der Waals surface area (Å²) in [6.07, 6.45) is 0. The van der Waals surface area contributed by atoms with E-state index < -0.39 is 12.0 Å². The van der Waals surface area contributed by atoms with Gasteiger partial charge < -0.3 is 10.4 Å². The summed E-state index contributed by atoms with van der Waals surface area (Å²) in [5.41, 5.74) is 3.67. The first-order valence-electron chi connectivity index (χ1n) is 6.77. The number of rotatable bonds is 3. The van der Waals surface area contributed by atoms with Crippen LogP contribution in [0.3, 0.4) is 0 Å². The molecule has 0 spiro atoms. The summed E-state index contributed by atoms with van der Waals surface area (Å²) in [7, 11) is 0. The number of hydrogen-bond donors (Lipinski definition) is 2. The summed E-state index contributed by atoms with van der Waals surface area (Å²) in [6, 6.07) is 6.06. The number of aliphatic carboxylic acids is 1. The van der Waals surface area contributed by atoms with Gasteiger partial charge in [-0.3, -0.25) is 9.69 Å². The Balaban J connectivity index is 2.28. The Bertz CT molecular complexity index is 473. The van der Waals surface area contributed by atoms with Gasteiger partial charge in [0.25, 0.3) is 0 Å². The van der Waals surface area contributed by atoms with Crippen molar-refractivity contribution in [1.82, 2.24) is 10.2 Å². The highest BCUT2D eigenvalue weighted by molar-refractivity contribution is 5.74. The molecule has 1 saturated heterocycles. The van der Waals surface area contributed by atoms with Crippen molar-refractivity contribution in [2.45, 2.75) is 32.9 Å². The summed E-state index contributed by atoms with van der Waals surface area (Å²) in [5.74, 6) is -0.746. The lowest BCUT2D eigenvalue weighted by molar-refractivity contribution is -0.145. The molecule has 0 radical (unpaired) electrons. The zero-order chi connectivity index (χ0) is 14.0. The van der Waals surface area contributed by atoms with E-state index in [1.54, 1.807) is 0 Å². The molecule has 0 bridgehead atoms. The van der Waals surface area contributed by atoms with Crippen molar-refractivity contribution in [2.75, 3.05) is 19.6 Å². The third-order valence-electron chi connectivity index (χ3n) is 3.95. The van der Waals surface area contributed by atoms with E-state index in [0.29, 0.717) is 6.54 Å². The number of carboxylic acid groups (broad SMARTS) is 1. The monoisotopic (exact) mass is 262 g/mol. The van der Waals surface area contributed by atoms with Crippen LogP contribution in [-0.4, -0.2) is 41.7 Å². The number of piperazine rings is 1. The van der Waals surface area contributed by atoms with E-state index in [4.69, 9.17) is 0 Å². The Morgan fingerprint density at radius 1 is 1.47 bits per heavy atom. The van der Waals surface area contributed by atoms with Crippen LogP contribution in [0, 0.1) is 13.8 Å². The fourth-order valence-corrected chi connectivity index (χ4v) is 2.80. The van der Waals surface area contributed by atoms with E-state index in [9.17, 15) is 9.90 Å². The van der Waals surface area contributed by atoms with Crippen LogP contribution in [0.15, 0.2) is 18.2 Å². The van der Waals surface area contributed by atoms with Crippen LogP contribution < -0.4 is 5.32 Å². The average molecular weight is 262 g/mol. The smallest absolute Gasteiger partial charge is 0.322 e. The van der Waals surface area contributed by atoms with Crippen LogP contribution in [-0.2, 0) is 4.79 Å². The number of carbonyl (C=O) groups is 1. The largest absolute Gasteiger partial charge is 0.480 e. The van der Waals surface area contributed by atoms with Crippen molar-refractivity contribution in [2.24, 2.45) is 0 Å². The zero-order valence-electron chi connectivity index (χ0n) is 11.8. The van der Waals surface area contributed by atoms with Crippen molar-refractivity contribution in [3.05, 3.63) is 34.9 Å². The molecule has 4 nitrogen and oxygen atoms in total. The van der Waals surface area contributed by atoms with Gasteiger partial charge in [0.05, 0.1) is 0 Å². The topological polar surface area (TPSA) is 52.6 Å². The molecular formula is C15H22N2O2. The Morgan fingerprint density at radius 2 is 2.21 bits per heavy atom. The molecule has 0 aromatic heterocycles. The fraction of sp³-hybridized carbons (Fsp3) is 0.533. The van der Waals surface area contributed by atoms with E-state index in [1.807, 2.05) is 0 Å². The summed E-state index contributed by atoms with van der Waals surface area (Å²) in [4.78, 5) is 13.5. The van der Waals surface area contributed by atoms with Gasteiger partial charge in [-0.2, -0.15) is 0 Å². The van der Waals surface area contributed by atoms with E-state index in [1.165, 1.54) is 16.7 Å². The van der Waals surface area contributed by atoms with Crippen LogP contribution in [0.1, 0.15) is 29.7 Å². The molecule has 1 heterocycles. The Morgan fingerprint density at radius 3 is 2.89 bits per heavy atom. The molecule has 1 fully saturated rings. The van der Waals surface area contributed by atoms with Crippen LogP contribution >= 0.6 is 0 Å². The molecule has 1 aliphatic heterocycles. The SMILES string of the molecule is Cc1ccc(C)c(C(C)N2CCNCC2C(=O)O)c1. The van der Waals surface area contributed by atoms with Gasteiger partial charge in [0.2, 0.25) is 0 Å².